The van der Waals surface area contributed by atoms with Crippen LogP contribution in [0, 0.1) is 0 Å². The minimum Gasteiger partial charge on any atom is -0.444 e. The molecule has 0 aliphatic carbocycles. The third-order valence-electron chi connectivity index (χ3n) is 8.90. The van der Waals surface area contributed by atoms with Crippen LogP contribution in [0.2, 0.25) is 0 Å². The highest BCUT2D eigenvalue weighted by Gasteiger charge is 2.36. The molecule has 4 amide bonds. The van der Waals surface area contributed by atoms with Crippen LogP contribution < -0.4 is 10.6 Å². The number of urea groups is 1. The van der Waals surface area contributed by atoms with Crippen LogP contribution in [0.5, 0.6) is 0 Å². The van der Waals surface area contributed by atoms with Crippen molar-refractivity contribution in [3.8, 4) is 0 Å². The Hall–Kier alpha value is -4.29. The first-order chi connectivity index (χ1) is 24.2. The standard InChI is InChI=1S/C38H48N6O4S2/c1-27(2)36-41-32(25-49-36)23-43(3)38(47)44-20-10-15-34(44)35(45)40-31(21-29-13-8-5-9-14-29)19-18-30(17-16-28-11-6-4-7-12-28)42-37(46)48-24-33-22-39-26-50-33/h4-9,11-14,22,25-27,30-31,34H,10,15-21,23-24H2,1-3H3,(H,40,45)(H,42,46)/t30-,31+,34+/m1/s1. The molecule has 50 heavy (non-hydrogen) atoms. The Kier molecular flexibility index (Phi) is 13.8. The van der Waals surface area contributed by atoms with E-state index < -0.39 is 12.1 Å². The van der Waals surface area contributed by atoms with Crippen LogP contribution in [0.3, 0.4) is 0 Å². The first-order valence-electron chi connectivity index (χ1n) is 17.4. The molecule has 3 heterocycles. The van der Waals surface area contributed by atoms with Gasteiger partial charge in [0.25, 0.3) is 0 Å². The average molecular weight is 717 g/mol. The minimum absolute atomic E-state index is 0.140. The molecule has 3 atom stereocenters. The van der Waals surface area contributed by atoms with E-state index in [0.717, 1.165) is 40.4 Å². The van der Waals surface area contributed by atoms with Crippen LogP contribution in [-0.2, 0) is 35.5 Å². The summed E-state index contributed by atoms with van der Waals surface area (Å²) >= 11 is 3.05. The maximum absolute atomic E-state index is 13.9. The van der Waals surface area contributed by atoms with Gasteiger partial charge in [0.05, 0.1) is 27.6 Å². The number of aryl methyl sites for hydroxylation is 1. The van der Waals surface area contributed by atoms with Crippen molar-refractivity contribution in [2.75, 3.05) is 13.6 Å². The molecular formula is C38H48N6O4S2. The molecule has 0 spiro atoms. The lowest BCUT2D eigenvalue weighted by atomic mass is 9.96. The Morgan fingerprint density at radius 2 is 1.68 bits per heavy atom. The van der Waals surface area contributed by atoms with Crippen LogP contribution in [0.15, 0.2) is 77.8 Å². The van der Waals surface area contributed by atoms with E-state index in [0.29, 0.717) is 44.7 Å². The number of benzene rings is 2. The first-order valence-corrected chi connectivity index (χ1v) is 19.2. The molecule has 4 aromatic rings. The summed E-state index contributed by atoms with van der Waals surface area (Å²) in [5, 5.41) is 9.45. The highest BCUT2D eigenvalue weighted by molar-refractivity contribution is 7.09. The summed E-state index contributed by atoms with van der Waals surface area (Å²) in [7, 11) is 1.77. The fourth-order valence-electron chi connectivity index (χ4n) is 6.21. The molecule has 0 radical (unpaired) electrons. The van der Waals surface area contributed by atoms with Gasteiger partial charge in [-0.25, -0.2) is 14.6 Å². The number of nitrogens with one attached hydrogen (secondary N) is 2. The Balaban J connectivity index is 1.23. The van der Waals surface area contributed by atoms with Crippen molar-refractivity contribution in [1.82, 2.24) is 30.4 Å². The summed E-state index contributed by atoms with van der Waals surface area (Å²) in [6, 6.07) is 19.2. The number of nitrogens with zero attached hydrogens (tertiary/aromatic N) is 4. The fourth-order valence-corrected chi connectivity index (χ4v) is 7.55. The molecule has 12 heteroatoms. The fraction of sp³-hybridized carbons (Fsp3) is 0.447. The molecule has 0 bridgehead atoms. The van der Waals surface area contributed by atoms with Crippen LogP contribution >= 0.6 is 22.7 Å². The second kappa shape index (κ2) is 18.6. The second-order valence-electron chi connectivity index (χ2n) is 13.2. The molecule has 5 rings (SSSR count). The zero-order chi connectivity index (χ0) is 35.3. The van der Waals surface area contributed by atoms with Crippen LogP contribution in [-0.4, -0.2) is 69.5 Å². The number of alkyl carbamates (subject to hydrolysis) is 1. The number of hydrogen-bond donors (Lipinski definition) is 2. The summed E-state index contributed by atoms with van der Waals surface area (Å²) < 4.78 is 5.51. The molecular weight excluding hydrogens is 669 g/mol. The van der Waals surface area contributed by atoms with Crippen molar-refractivity contribution in [2.45, 2.75) is 96.0 Å². The monoisotopic (exact) mass is 716 g/mol. The van der Waals surface area contributed by atoms with E-state index in [1.165, 1.54) is 16.9 Å². The van der Waals surface area contributed by atoms with Crippen molar-refractivity contribution in [3.05, 3.63) is 104 Å². The summed E-state index contributed by atoms with van der Waals surface area (Å²) in [5.74, 6) is 0.196. The smallest absolute Gasteiger partial charge is 0.407 e. The van der Waals surface area contributed by atoms with E-state index >= 15 is 0 Å². The first kappa shape index (κ1) is 37.0. The molecule has 1 saturated heterocycles. The number of hydrogen-bond acceptors (Lipinski definition) is 8. The molecule has 1 aliphatic heterocycles. The lowest BCUT2D eigenvalue weighted by Gasteiger charge is -2.30. The quantitative estimate of drug-likeness (QED) is 0.127. The number of rotatable bonds is 16. The summed E-state index contributed by atoms with van der Waals surface area (Å²) in [6.07, 6.45) is 6.04. The molecule has 2 N–H and O–H groups in total. The number of thiazole rings is 2. The third-order valence-corrected chi connectivity index (χ3v) is 10.8. The normalized spacial score (nSPS) is 15.4. The van der Waals surface area contributed by atoms with Gasteiger partial charge >= 0.3 is 12.1 Å². The van der Waals surface area contributed by atoms with Crippen molar-refractivity contribution in [3.63, 3.8) is 0 Å². The average Bonchev–Trinajstić information content (AvgIpc) is 3.92. The van der Waals surface area contributed by atoms with E-state index in [9.17, 15) is 14.4 Å². The number of aromatic nitrogens is 2. The molecule has 1 fully saturated rings. The summed E-state index contributed by atoms with van der Waals surface area (Å²) in [5.41, 5.74) is 4.88. The van der Waals surface area contributed by atoms with Gasteiger partial charge in [-0.1, -0.05) is 74.5 Å². The Morgan fingerprint density at radius 3 is 2.36 bits per heavy atom. The SMILES string of the molecule is CC(C)c1nc(CN(C)C(=O)N2CCC[C@H]2C(=O)N[C@@H](CC[C@@H](CCc2ccccc2)NC(=O)OCc2cncs2)Cc2ccccc2)cs1. The molecule has 10 nitrogen and oxygen atoms in total. The van der Waals surface area contributed by atoms with Crippen molar-refractivity contribution >= 4 is 40.7 Å². The van der Waals surface area contributed by atoms with Gasteiger partial charge in [0.1, 0.15) is 12.6 Å². The summed E-state index contributed by atoms with van der Waals surface area (Å²) in [6.45, 7) is 5.32. The van der Waals surface area contributed by atoms with E-state index in [-0.39, 0.29) is 30.6 Å². The number of likely N-dealkylation sites (tertiary alicyclic amines) is 1. The number of ether oxygens (including phenoxy) is 1. The maximum atomic E-state index is 13.9. The second-order valence-corrected chi connectivity index (χ2v) is 15.1. The predicted octanol–water partition coefficient (Wildman–Crippen LogP) is 7.17. The molecule has 2 aromatic carbocycles. The predicted molar refractivity (Wildman–Crippen MR) is 198 cm³/mol. The van der Waals surface area contributed by atoms with E-state index in [1.807, 2.05) is 41.8 Å². The molecule has 0 unspecified atom stereocenters. The molecule has 1 aliphatic rings. The van der Waals surface area contributed by atoms with Gasteiger partial charge in [-0.05, 0) is 56.1 Å². The minimum atomic E-state index is -0.543. The highest BCUT2D eigenvalue weighted by atomic mass is 32.1. The Morgan fingerprint density at radius 1 is 0.960 bits per heavy atom. The van der Waals surface area contributed by atoms with Gasteiger partial charge in [-0.2, -0.15) is 0 Å². The highest BCUT2D eigenvalue weighted by Crippen LogP contribution is 2.23. The van der Waals surface area contributed by atoms with Gasteiger partial charge in [0.2, 0.25) is 5.91 Å². The van der Waals surface area contributed by atoms with Crippen molar-refractivity contribution < 1.29 is 19.1 Å². The van der Waals surface area contributed by atoms with Gasteiger partial charge < -0.3 is 25.2 Å². The summed E-state index contributed by atoms with van der Waals surface area (Å²) in [4.78, 5) is 53.4. The molecule has 0 saturated carbocycles. The Labute approximate surface area is 303 Å². The third kappa shape index (κ3) is 11.1. The van der Waals surface area contributed by atoms with Crippen molar-refractivity contribution in [1.29, 1.82) is 0 Å². The largest absolute Gasteiger partial charge is 0.444 e. The van der Waals surface area contributed by atoms with Gasteiger partial charge in [-0.15, -0.1) is 22.7 Å². The van der Waals surface area contributed by atoms with E-state index in [1.54, 1.807) is 39.9 Å². The van der Waals surface area contributed by atoms with Crippen LogP contribution in [0.4, 0.5) is 9.59 Å². The topological polar surface area (TPSA) is 117 Å². The Bertz CT molecular complexity index is 1630. The van der Waals surface area contributed by atoms with Gasteiger partial charge in [-0.3, -0.25) is 9.78 Å². The lowest BCUT2D eigenvalue weighted by molar-refractivity contribution is -0.125. The number of carbonyl (C=O) groups is 3. The molecule has 2 aromatic heterocycles. The number of carbonyl (C=O) groups excluding carboxylic acids is 3. The van der Waals surface area contributed by atoms with E-state index in [2.05, 4.69) is 58.7 Å². The molecule has 266 valence electrons. The van der Waals surface area contributed by atoms with Gasteiger partial charge in [0.15, 0.2) is 0 Å². The van der Waals surface area contributed by atoms with Crippen LogP contribution in [0.1, 0.15) is 78.6 Å². The van der Waals surface area contributed by atoms with E-state index in [4.69, 9.17) is 4.74 Å². The zero-order valence-corrected chi connectivity index (χ0v) is 30.8. The van der Waals surface area contributed by atoms with Gasteiger partial charge in [0, 0.05) is 43.2 Å². The zero-order valence-electron chi connectivity index (χ0n) is 29.1. The number of amides is 4. The van der Waals surface area contributed by atoms with Crippen LogP contribution in [0.25, 0.3) is 0 Å². The lowest BCUT2D eigenvalue weighted by Crippen LogP contribution is -2.52. The van der Waals surface area contributed by atoms with Crippen molar-refractivity contribution in [2.24, 2.45) is 0 Å². The maximum Gasteiger partial charge on any atom is 0.407 e.